The van der Waals surface area contributed by atoms with Gasteiger partial charge in [-0.25, -0.2) is 0 Å². The minimum atomic E-state index is 0.0509. The van der Waals surface area contributed by atoms with Crippen LogP contribution in [0, 0.1) is 0 Å². The molecule has 0 aliphatic carbocycles. The Balaban J connectivity index is 2.20. The Labute approximate surface area is 32.7 Å². The maximum Gasteiger partial charge on any atom is 0.112 e. The first-order chi connectivity index (χ1) is 2.30. The molecule has 0 aromatic heterocycles. The summed E-state index contributed by atoms with van der Waals surface area (Å²) in [5, 5.41) is 0. The zero-order valence-corrected chi connectivity index (χ0v) is 3.14. The topological polar surface area (TPSA) is 12.5 Å². The summed E-state index contributed by atoms with van der Waals surface area (Å²) in [5.74, 6) is 0. The molecule has 5 heavy (non-hydrogen) atoms. The predicted molar refractivity (Wildman–Crippen MR) is 20.1 cm³/mol. The van der Waals surface area contributed by atoms with Gasteiger partial charge in [-0.2, -0.15) is 0 Å². The fourth-order valence-electron chi connectivity index (χ4n) is 0.202. The molecule has 1 aliphatic heterocycles. The van der Waals surface area contributed by atoms with Crippen molar-refractivity contribution in [1.29, 1.82) is 0 Å². The highest BCUT2D eigenvalue weighted by atomic mass is 16.6. The zero-order chi connectivity index (χ0) is 3.86. The maximum atomic E-state index is 5.14. The van der Waals surface area contributed by atoms with Crippen molar-refractivity contribution in [2.75, 3.05) is 0 Å². The molecule has 1 rings (SSSR count). The van der Waals surface area contributed by atoms with Gasteiger partial charge in [0.05, 0.1) is 6.10 Å². The highest BCUT2D eigenvalue weighted by Gasteiger charge is 2.26. The van der Waals surface area contributed by atoms with Crippen LogP contribution in [-0.4, -0.2) is 20.0 Å². The fourth-order valence-corrected chi connectivity index (χ4v) is 0.202. The van der Waals surface area contributed by atoms with Crippen molar-refractivity contribution >= 4 is 7.85 Å². The Kier molecular flexibility index (Phi) is 0.481. The summed E-state index contributed by atoms with van der Waals surface area (Å²) in [4.78, 5) is 0. The van der Waals surface area contributed by atoms with E-state index < -0.39 is 0 Å². The number of hydrogen-bond donors (Lipinski definition) is 0. The highest BCUT2D eigenvalue weighted by Crippen LogP contribution is 2.15. The van der Waals surface area contributed by atoms with Crippen LogP contribution >= 0.6 is 0 Å². The Morgan fingerprint density at radius 2 is 2.00 bits per heavy atom. The summed E-state index contributed by atoms with van der Waals surface area (Å²) in [6.07, 6.45) is 0.329. The quantitative estimate of drug-likeness (QED) is 0.285. The molecule has 1 saturated heterocycles. The van der Waals surface area contributed by atoms with E-state index in [2.05, 4.69) is 0 Å². The second kappa shape index (κ2) is 0.746. The molecule has 1 aliphatic rings. The number of epoxide rings is 1. The van der Waals surface area contributed by atoms with Crippen molar-refractivity contribution in [1.82, 2.24) is 0 Å². The molecule has 2 atom stereocenters. The second-order valence-corrected chi connectivity index (χ2v) is 1.31. The van der Waals surface area contributed by atoms with Gasteiger partial charge in [-0.1, -0.05) is 0 Å². The van der Waals surface area contributed by atoms with E-state index in [1.54, 1.807) is 0 Å². The normalized spacial score (nSPS) is 49.0. The zero-order valence-electron chi connectivity index (χ0n) is 3.14. The van der Waals surface area contributed by atoms with Crippen LogP contribution in [0.3, 0.4) is 0 Å². The highest BCUT2D eigenvalue weighted by molar-refractivity contribution is 6.12. The Morgan fingerprint density at radius 1 is 1.80 bits per heavy atom. The van der Waals surface area contributed by atoms with Gasteiger partial charge >= 0.3 is 0 Å². The number of hydrogen-bond acceptors (Lipinski definition) is 1. The summed E-state index contributed by atoms with van der Waals surface area (Å²) >= 11 is 0. The summed E-state index contributed by atoms with van der Waals surface area (Å²) in [5.41, 5.74) is 0. The fraction of sp³-hybridized carbons (Fsp3) is 1.00. The van der Waals surface area contributed by atoms with E-state index >= 15 is 0 Å². The van der Waals surface area contributed by atoms with Crippen molar-refractivity contribution in [2.24, 2.45) is 0 Å². The third kappa shape index (κ3) is 0.455. The van der Waals surface area contributed by atoms with E-state index in [0.717, 1.165) is 0 Å². The molecule has 1 nitrogen and oxygen atoms in total. The molecule has 0 spiro atoms. The largest absolute Gasteiger partial charge is 0.381 e. The third-order valence-corrected chi connectivity index (χ3v) is 0.758. The lowest BCUT2D eigenvalue weighted by Crippen LogP contribution is -1.82. The lowest BCUT2D eigenvalue weighted by atomic mass is 10.0. The van der Waals surface area contributed by atoms with Crippen molar-refractivity contribution < 1.29 is 4.74 Å². The molecule has 1 fully saturated rings. The summed E-state index contributed by atoms with van der Waals surface area (Å²) in [7, 11) is 5.14. The lowest BCUT2D eigenvalue weighted by Gasteiger charge is -1.57. The third-order valence-electron chi connectivity index (χ3n) is 0.758. The van der Waals surface area contributed by atoms with Crippen LogP contribution in [0.2, 0.25) is 0 Å². The monoisotopic (exact) mass is 68.0 g/mol. The molecule has 0 amide bonds. The Hall–Kier alpha value is 0.0249. The maximum absolute atomic E-state index is 5.14. The molecular formula is C3H5BO. The van der Waals surface area contributed by atoms with E-state index in [9.17, 15) is 0 Å². The molecular weight excluding hydrogens is 62.8 g/mol. The van der Waals surface area contributed by atoms with Crippen LogP contribution < -0.4 is 0 Å². The molecule has 1 heterocycles. The number of rotatable bonds is 0. The first kappa shape index (κ1) is 3.22. The van der Waals surface area contributed by atoms with Gasteiger partial charge in [0.25, 0.3) is 0 Å². The van der Waals surface area contributed by atoms with Gasteiger partial charge in [0.1, 0.15) is 7.85 Å². The minimum absolute atomic E-state index is 0.0509. The average Bonchev–Trinajstić information content (AvgIpc) is 1.79. The molecule has 26 valence electrons. The van der Waals surface area contributed by atoms with Crippen molar-refractivity contribution in [3.8, 4) is 0 Å². The Morgan fingerprint density at radius 3 is 2.00 bits per heavy atom. The standard InChI is InChI=1S/C3H5BO/c1-2-3(4)5-2/h2-3H,1H3/t2-,3+/m0/s1. The van der Waals surface area contributed by atoms with Crippen molar-refractivity contribution in [3.63, 3.8) is 0 Å². The van der Waals surface area contributed by atoms with Gasteiger partial charge in [0.15, 0.2) is 0 Å². The molecule has 0 unspecified atom stereocenters. The SMILES string of the molecule is [B][C@@H]1O[C@H]1C. The summed E-state index contributed by atoms with van der Waals surface area (Å²) < 4.78 is 4.69. The molecule has 0 saturated carbocycles. The Bertz CT molecular complexity index is 40.2. The summed E-state index contributed by atoms with van der Waals surface area (Å²) in [6, 6.07) is 0.0509. The molecule has 2 radical (unpaired) electrons. The average molecular weight is 67.9 g/mol. The van der Waals surface area contributed by atoms with Gasteiger partial charge in [0.2, 0.25) is 0 Å². The molecule has 0 bridgehead atoms. The van der Waals surface area contributed by atoms with Crippen LogP contribution in [0.4, 0.5) is 0 Å². The number of ether oxygens (including phenoxy) is 1. The van der Waals surface area contributed by atoms with E-state index in [1.807, 2.05) is 6.92 Å². The van der Waals surface area contributed by atoms with Crippen LogP contribution in [0.1, 0.15) is 6.92 Å². The van der Waals surface area contributed by atoms with E-state index in [1.165, 1.54) is 0 Å². The van der Waals surface area contributed by atoms with Gasteiger partial charge in [-0.05, 0) is 6.92 Å². The lowest BCUT2D eigenvalue weighted by molar-refractivity contribution is 0.411. The second-order valence-electron chi connectivity index (χ2n) is 1.31. The van der Waals surface area contributed by atoms with E-state index in [-0.39, 0.29) is 6.00 Å². The predicted octanol–water partition coefficient (Wildman–Crippen LogP) is -0.100. The smallest absolute Gasteiger partial charge is 0.112 e. The van der Waals surface area contributed by atoms with Gasteiger partial charge in [0, 0.05) is 6.00 Å². The first-order valence-electron chi connectivity index (χ1n) is 1.72. The first-order valence-corrected chi connectivity index (χ1v) is 1.72. The van der Waals surface area contributed by atoms with Crippen LogP contribution in [0.5, 0.6) is 0 Å². The van der Waals surface area contributed by atoms with Crippen LogP contribution in [-0.2, 0) is 4.74 Å². The van der Waals surface area contributed by atoms with Gasteiger partial charge in [-0.3, -0.25) is 0 Å². The molecule has 0 aromatic rings. The van der Waals surface area contributed by atoms with E-state index in [0.29, 0.717) is 6.10 Å². The van der Waals surface area contributed by atoms with Gasteiger partial charge < -0.3 is 4.74 Å². The van der Waals surface area contributed by atoms with Crippen molar-refractivity contribution in [3.05, 3.63) is 0 Å². The van der Waals surface area contributed by atoms with Crippen LogP contribution in [0.25, 0.3) is 0 Å². The van der Waals surface area contributed by atoms with Gasteiger partial charge in [-0.15, -0.1) is 0 Å². The molecule has 2 heteroatoms. The van der Waals surface area contributed by atoms with Crippen molar-refractivity contribution in [2.45, 2.75) is 19.0 Å². The van der Waals surface area contributed by atoms with E-state index in [4.69, 9.17) is 12.6 Å². The molecule has 0 aromatic carbocycles. The molecule has 0 N–H and O–H groups in total. The summed E-state index contributed by atoms with van der Waals surface area (Å²) in [6.45, 7) is 1.95. The van der Waals surface area contributed by atoms with Crippen LogP contribution in [0.15, 0.2) is 0 Å². The minimum Gasteiger partial charge on any atom is -0.381 e.